The van der Waals surface area contributed by atoms with Crippen LogP contribution in [0.3, 0.4) is 0 Å². The summed E-state index contributed by atoms with van der Waals surface area (Å²) in [5.74, 6) is 1.37. The lowest BCUT2D eigenvalue weighted by molar-refractivity contribution is 0.217. The molecule has 0 unspecified atom stereocenters. The van der Waals surface area contributed by atoms with Crippen molar-refractivity contribution in [2.24, 2.45) is 5.10 Å². The topological polar surface area (TPSA) is 56.5 Å². The zero-order valence-electron chi connectivity index (χ0n) is 15.6. The first-order valence-corrected chi connectivity index (χ1v) is 9.84. The second-order valence-electron chi connectivity index (χ2n) is 6.28. The number of fused-ring (bicyclic) bond motifs is 1. The summed E-state index contributed by atoms with van der Waals surface area (Å²) >= 11 is 3.41. The zero-order valence-corrected chi connectivity index (χ0v) is 17.2. The Balaban J connectivity index is 2.07. The van der Waals surface area contributed by atoms with Crippen molar-refractivity contribution in [3.8, 4) is 5.75 Å². The maximum atomic E-state index is 12.9. The van der Waals surface area contributed by atoms with Crippen LogP contribution in [0.5, 0.6) is 5.75 Å². The van der Waals surface area contributed by atoms with Crippen LogP contribution in [-0.4, -0.2) is 22.0 Å². The minimum Gasteiger partial charge on any atom is -0.490 e. The number of benzene rings is 2. The van der Waals surface area contributed by atoms with Gasteiger partial charge in [-0.1, -0.05) is 41.9 Å². The number of para-hydroxylation sites is 1. The number of nitrogens with zero attached hydrogens (tertiary/aromatic N) is 3. The maximum absolute atomic E-state index is 12.9. The molecule has 3 rings (SSSR count). The Morgan fingerprint density at radius 3 is 2.78 bits per heavy atom. The van der Waals surface area contributed by atoms with Crippen LogP contribution in [0.2, 0.25) is 0 Å². The highest BCUT2D eigenvalue weighted by Crippen LogP contribution is 2.19. The number of ether oxygens (including phenoxy) is 1. The zero-order chi connectivity index (χ0) is 19.4. The minimum absolute atomic E-state index is 0.105. The third kappa shape index (κ3) is 4.27. The molecule has 140 valence electrons. The van der Waals surface area contributed by atoms with Gasteiger partial charge in [-0.15, -0.1) is 0 Å². The van der Waals surface area contributed by atoms with Gasteiger partial charge >= 0.3 is 0 Å². The second kappa shape index (κ2) is 8.48. The lowest BCUT2D eigenvalue weighted by Crippen LogP contribution is -2.22. The van der Waals surface area contributed by atoms with E-state index in [-0.39, 0.29) is 11.7 Å². The second-order valence-corrected chi connectivity index (χ2v) is 7.19. The SMILES string of the molecule is CCc1nc2ccc(Br)cc2c(=O)n1N=Cc1ccccc1O[C@@H](C)CC. The third-order valence-corrected chi connectivity index (χ3v) is 4.82. The Bertz CT molecular complexity index is 1040. The van der Waals surface area contributed by atoms with E-state index in [0.717, 1.165) is 22.2 Å². The highest BCUT2D eigenvalue weighted by Gasteiger charge is 2.10. The molecule has 0 saturated carbocycles. The van der Waals surface area contributed by atoms with Crippen LogP contribution in [0, 0.1) is 0 Å². The van der Waals surface area contributed by atoms with Gasteiger partial charge in [-0.25, -0.2) is 4.98 Å². The summed E-state index contributed by atoms with van der Waals surface area (Å²) < 4.78 is 8.16. The lowest BCUT2D eigenvalue weighted by Gasteiger charge is -2.14. The van der Waals surface area contributed by atoms with Gasteiger partial charge in [0.15, 0.2) is 0 Å². The van der Waals surface area contributed by atoms with E-state index in [1.165, 1.54) is 4.68 Å². The van der Waals surface area contributed by atoms with Crippen molar-refractivity contribution in [2.45, 2.75) is 39.7 Å². The standard InChI is InChI=1S/C21H22BrN3O2/c1-4-14(3)27-19-9-7-6-8-15(19)13-23-25-20(5-2)24-18-11-10-16(22)12-17(18)21(25)26/h6-14H,4-5H2,1-3H3/t14-/m0/s1. The van der Waals surface area contributed by atoms with Gasteiger partial charge in [0.25, 0.3) is 5.56 Å². The third-order valence-electron chi connectivity index (χ3n) is 4.33. The number of aromatic nitrogens is 2. The molecule has 6 heteroatoms. The molecule has 5 nitrogen and oxygen atoms in total. The molecule has 2 aromatic carbocycles. The van der Waals surface area contributed by atoms with Crippen LogP contribution in [0.4, 0.5) is 0 Å². The van der Waals surface area contributed by atoms with Crippen molar-refractivity contribution >= 4 is 33.0 Å². The van der Waals surface area contributed by atoms with Gasteiger partial charge < -0.3 is 4.74 Å². The first-order valence-electron chi connectivity index (χ1n) is 9.04. The molecule has 0 aliphatic heterocycles. The van der Waals surface area contributed by atoms with Crippen molar-refractivity contribution < 1.29 is 4.74 Å². The molecule has 0 saturated heterocycles. The van der Waals surface area contributed by atoms with E-state index in [2.05, 4.69) is 32.9 Å². The van der Waals surface area contributed by atoms with Crippen molar-refractivity contribution in [3.05, 3.63) is 68.7 Å². The molecule has 0 fully saturated rings. The van der Waals surface area contributed by atoms with Crippen LogP contribution < -0.4 is 10.3 Å². The Labute approximate surface area is 166 Å². The highest BCUT2D eigenvalue weighted by atomic mass is 79.9. The highest BCUT2D eigenvalue weighted by molar-refractivity contribution is 9.10. The van der Waals surface area contributed by atoms with E-state index < -0.39 is 0 Å². The van der Waals surface area contributed by atoms with Crippen LogP contribution in [0.25, 0.3) is 10.9 Å². The normalized spacial score (nSPS) is 12.6. The summed E-state index contributed by atoms with van der Waals surface area (Å²) in [5.41, 5.74) is 1.31. The Kier molecular flexibility index (Phi) is 6.06. The number of hydrogen-bond donors (Lipinski definition) is 0. The van der Waals surface area contributed by atoms with Gasteiger partial charge in [0.1, 0.15) is 11.6 Å². The molecule has 1 heterocycles. The molecule has 1 atom stereocenters. The van der Waals surface area contributed by atoms with Crippen molar-refractivity contribution in [1.29, 1.82) is 0 Å². The van der Waals surface area contributed by atoms with Crippen LogP contribution in [0.15, 0.2) is 56.8 Å². The van der Waals surface area contributed by atoms with Gasteiger partial charge in [-0.05, 0) is 43.7 Å². The summed E-state index contributed by atoms with van der Waals surface area (Å²) in [7, 11) is 0. The van der Waals surface area contributed by atoms with E-state index in [4.69, 9.17) is 4.74 Å². The van der Waals surface area contributed by atoms with Gasteiger partial charge in [-0.3, -0.25) is 4.79 Å². The van der Waals surface area contributed by atoms with Crippen LogP contribution in [-0.2, 0) is 6.42 Å². The predicted octanol–water partition coefficient (Wildman–Crippen LogP) is 4.78. The fraction of sp³-hybridized carbons (Fsp3) is 0.286. The molecule has 0 bridgehead atoms. The summed E-state index contributed by atoms with van der Waals surface area (Å²) in [4.78, 5) is 17.5. The molecular formula is C21H22BrN3O2. The molecule has 0 radical (unpaired) electrons. The minimum atomic E-state index is -0.185. The van der Waals surface area contributed by atoms with Crippen LogP contribution >= 0.6 is 15.9 Å². The summed E-state index contributed by atoms with van der Waals surface area (Å²) in [6.45, 7) is 6.06. The van der Waals surface area contributed by atoms with Gasteiger partial charge in [0.05, 0.1) is 23.2 Å². The predicted molar refractivity (Wildman–Crippen MR) is 113 cm³/mol. The number of hydrogen-bond acceptors (Lipinski definition) is 4. The first kappa shape index (κ1) is 19.3. The molecule has 0 aliphatic carbocycles. The summed E-state index contributed by atoms with van der Waals surface area (Å²) in [6, 6.07) is 13.2. The molecule has 3 aromatic rings. The fourth-order valence-corrected chi connectivity index (χ4v) is 3.02. The van der Waals surface area contributed by atoms with Crippen molar-refractivity contribution in [3.63, 3.8) is 0 Å². The van der Waals surface area contributed by atoms with E-state index >= 15 is 0 Å². The Morgan fingerprint density at radius 2 is 2.04 bits per heavy atom. The monoisotopic (exact) mass is 427 g/mol. The van der Waals surface area contributed by atoms with Gasteiger partial charge in [0.2, 0.25) is 0 Å². The number of rotatable bonds is 6. The smallest absolute Gasteiger partial charge is 0.282 e. The van der Waals surface area contributed by atoms with E-state index in [1.807, 2.05) is 50.2 Å². The summed E-state index contributed by atoms with van der Waals surface area (Å²) in [5, 5.41) is 4.97. The number of halogens is 1. The Hall–Kier alpha value is -2.47. The van der Waals surface area contributed by atoms with Gasteiger partial charge in [-0.2, -0.15) is 9.78 Å². The van der Waals surface area contributed by atoms with E-state index in [0.29, 0.717) is 23.1 Å². The average Bonchev–Trinajstić information content (AvgIpc) is 2.68. The first-order chi connectivity index (χ1) is 13.0. The Morgan fingerprint density at radius 1 is 1.26 bits per heavy atom. The molecule has 1 aromatic heterocycles. The maximum Gasteiger partial charge on any atom is 0.282 e. The van der Waals surface area contributed by atoms with E-state index in [1.54, 1.807) is 12.3 Å². The molecule has 27 heavy (non-hydrogen) atoms. The quantitative estimate of drug-likeness (QED) is 0.531. The van der Waals surface area contributed by atoms with Crippen molar-refractivity contribution in [1.82, 2.24) is 9.66 Å². The summed E-state index contributed by atoms with van der Waals surface area (Å²) in [6.07, 6.45) is 3.27. The van der Waals surface area contributed by atoms with Crippen LogP contribution in [0.1, 0.15) is 38.6 Å². The molecule has 0 aliphatic rings. The fourth-order valence-electron chi connectivity index (χ4n) is 2.66. The lowest BCUT2D eigenvalue weighted by atomic mass is 10.2. The average molecular weight is 428 g/mol. The molecule has 0 amide bonds. The van der Waals surface area contributed by atoms with Crippen molar-refractivity contribution in [2.75, 3.05) is 0 Å². The van der Waals surface area contributed by atoms with E-state index in [9.17, 15) is 4.79 Å². The molecule has 0 N–H and O–H groups in total. The van der Waals surface area contributed by atoms with Gasteiger partial charge in [0, 0.05) is 16.5 Å². The number of aryl methyl sites for hydroxylation is 1. The molecule has 0 spiro atoms. The molecular weight excluding hydrogens is 406 g/mol. The largest absolute Gasteiger partial charge is 0.490 e.